The first kappa shape index (κ1) is 30.6. The zero-order valence-electron chi connectivity index (χ0n) is 28.2. The summed E-state index contributed by atoms with van der Waals surface area (Å²) in [7, 11) is 3.34. The van der Waals surface area contributed by atoms with Gasteiger partial charge in [-0.2, -0.15) is 0 Å². The van der Waals surface area contributed by atoms with E-state index in [1.165, 1.54) is 21.9 Å². The second-order valence-electron chi connectivity index (χ2n) is 12.4. The predicted octanol–water partition coefficient (Wildman–Crippen LogP) is 9.49. The number of ether oxygens (including phenoxy) is 2. The van der Waals surface area contributed by atoms with Crippen LogP contribution in [0.25, 0.3) is 55.0 Å². The summed E-state index contributed by atoms with van der Waals surface area (Å²) in [5, 5.41) is 4.61. The predicted molar refractivity (Wildman–Crippen MR) is 203 cm³/mol. The molecule has 5 heteroatoms. The van der Waals surface area contributed by atoms with Gasteiger partial charge in [0.25, 0.3) is 5.78 Å². The molecule has 0 N–H and O–H groups in total. The Morgan fingerprint density at radius 2 is 0.840 bits per heavy atom. The molecule has 0 fully saturated rings. The van der Waals surface area contributed by atoms with Gasteiger partial charge >= 0.3 is 0 Å². The van der Waals surface area contributed by atoms with Crippen molar-refractivity contribution >= 4 is 49.4 Å². The topological polar surface area (TPSA) is 45.4 Å². The number of carbonyl (C=O) groups is 1. The molecule has 2 aromatic heterocycles. The van der Waals surface area contributed by atoms with Crippen LogP contribution >= 0.6 is 0 Å². The Bertz CT molecular complexity index is 2640. The van der Waals surface area contributed by atoms with Gasteiger partial charge in [-0.25, -0.2) is 0 Å². The van der Waals surface area contributed by atoms with Crippen molar-refractivity contribution in [2.75, 3.05) is 14.2 Å². The third-order valence-corrected chi connectivity index (χ3v) is 9.15. The van der Waals surface area contributed by atoms with Gasteiger partial charge in [0.05, 0.1) is 36.3 Å². The smallest absolute Gasteiger partial charge is 0.279 e. The minimum Gasteiger partial charge on any atom is -0.497 e. The van der Waals surface area contributed by atoms with Gasteiger partial charge in [0.1, 0.15) is 11.5 Å². The van der Waals surface area contributed by atoms with Crippen molar-refractivity contribution < 1.29 is 14.3 Å². The van der Waals surface area contributed by atoms with Crippen LogP contribution in [0, 0.1) is 37.5 Å². The van der Waals surface area contributed by atoms with E-state index in [1.807, 2.05) is 72.8 Å². The van der Waals surface area contributed by atoms with Crippen LogP contribution in [-0.4, -0.2) is 29.1 Å². The molecule has 0 saturated carbocycles. The van der Waals surface area contributed by atoms with Crippen molar-refractivity contribution in [1.82, 2.24) is 9.13 Å². The lowest BCUT2D eigenvalue weighted by Gasteiger charge is -2.08. The van der Waals surface area contributed by atoms with Crippen LogP contribution in [0.4, 0.5) is 0 Å². The molecule has 0 aliphatic rings. The fourth-order valence-electron chi connectivity index (χ4n) is 6.72. The van der Waals surface area contributed by atoms with Crippen LogP contribution in [0.15, 0.2) is 121 Å². The number of carbonyl (C=O) groups excluding carboxylic acids is 1. The highest BCUT2D eigenvalue weighted by atomic mass is 16.5. The van der Waals surface area contributed by atoms with E-state index >= 15 is 0 Å². The highest BCUT2D eigenvalue weighted by molar-refractivity contribution is 6.11. The summed E-state index contributed by atoms with van der Waals surface area (Å²) in [6, 6.07) is 41.1. The monoisotopic (exact) mass is 648 g/mol. The molecule has 0 atom stereocenters. The minimum absolute atomic E-state index is 0.434. The van der Waals surface area contributed by atoms with E-state index in [9.17, 15) is 4.79 Å². The van der Waals surface area contributed by atoms with E-state index in [-0.39, 0.29) is 0 Å². The molecule has 0 radical (unpaired) electrons. The second-order valence-corrected chi connectivity index (χ2v) is 12.4. The molecule has 0 aliphatic heterocycles. The van der Waals surface area contributed by atoms with Crippen molar-refractivity contribution in [3.05, 3.63) is 144 Å². The van der Waals surface area contributed by atoms with Gasteiger partial charge in [-0.15, -0.1) is 0 Å². The van der Waals surface area contributed by atoms with E-state index in [1.54, 1.807) is 14.2 Å². The van der Waals surface area contributed by atoms with Crippen LogP contribution < -0.4 is 9.47 Å². The van der Waals surface area contributed by atoms with Crippen molar-refractivity contribution in [2.45, 2.75) is 13.8 Å². The molecule has 6 aromatic carbocycles. The van der Waals surface area contributed by atoms with Crippen molar-refractivity contribution in [1.29, 1.82) is 0 Å². The molecular weight excluding hydrogens is 617 g/mol. The summed E-state index contributed by atoms with van der Waals surface area (Å²) >= 11 is 0. The minimum atomic E-state index is -0.434. The van der Waals surface area contributed by atoms with Gasteiger partial charge < -0.3 is 18.6 Å². The molecule has 50 heavy (non-hydrogen) atoms. The Labute approximate surface area is 290 Å². The van der Waals surface area contributed by atoms with E-state index in [0.717, 1.165) is 66.8 Å². The quantitative estimate of drug-likeness (QED) is 0.179. The number of Topliss-reactive ketones (excluding diaryl/α,β-unsaturated/α-hetero) is 1. The maximum atomic E-state index is 12.7. The standard InChI is InChI=1S/C45H32N2O3/c1-29-5-21-42-38(25-29)39-26-30(2)6-22-43(39)46(42)33-13-7-31(8-14-33)11-17-35(48)18-12-32-9-15-34(16-10-32)47-44-23-19-36(49-3)27-40(44)41-28-37(50-4)20-24-45(41)47/h5-10,13-16,19-28H,1-4H3. The maximum absolute atomic E-state index is 12.7. The first-order chi connectivity index (χ1) is 24.4. The summed E-state index contributed by atoms with van der Waals surface area (Å²) in [5.41, 5.74) is 10.4. The molecule has 5 nitrogen and oxygen atoms in total. The molecule has 8 rings (SSSR count). The van der Waals surface area contributed by atoms with Gasteiger partial charge in [0.2, 0.25) is 0 Å². The molecule has 8 aromatic rings. The van der Waals surface area contributed by atoms with Crippen LogP contribution in [0.1, 0.15) is 22.3 Å². The largest absolute Gasteiger partial charge is 0.497 e. The third-order valence-electron chi connectivity index (χ3n) is 9.15. The van der Waals surface area contributed by atoms with E-state index in [4.69, 9.17) is 9.47 Å². The summed E-state index contributed by atoms with van der Waals surface area (Å²) in [4.78, 5) is 12.7. The van der Waals surface area contributed by atoms with Crippen molar-refractivity contribution in [3.8, 4) is 46.6 Å². The molecule has 0 spiro atoms. The average molecular weight is 649 g/mol. The Hall–Kier alpha value is -6.69. The third kappa shape index (κ3) is 5.42. The molecular formula is C45H32N2O3. The normalized spacial score (nSPS) is 11.0. The first-order valence-electron chi connectivity index (χ1n) is 16.4. The van der Waals surface area contributed by atoms with Gasteiger partial charge in [0, 0.05) is 44.0 Å². The van der Waals surface area contributed by atoms with Crippen LogP contribution in [-0.2, 0) is 4.79 Å². The number of ketones is 1. The lowest BCUT2D eigenvalue weighted by molar-refractivity contribution is -0.108. The fourth-order valence-corrected chi connectivity index (χ4v) is 6.72. The lowest BCUT2D eigenvalue weighted by atomic mass is 10.1. The number of nitrogens with zero attached hydrogens (tertiary/aromatic N) is 2. The van der Waals surface area contributed by atoms with E-state index in [2.05, 4.69) is 95.2 Å². The number of aromatic nitrogens is 2. The van der Waals surface area contributed by atoms with Crippen LogP contribution in [0.3, 0.4) is 0 Å². The maximum Gasteiger partial charge on any atom is 0.279 e. The molecule has 0 bridgehead atoms. The van der Waals surface area contributed by atoms with Crippen molar-refractivity contribution in [2.24, 2.45) is 0 Å². The zero-order chi connectivity index (χ0) is 34.4. The summed E-state index contributed by atoms with van der Waals surface area (Å²) in [6.45, 7) is 4.25. The second kappa shape index (κ2) is 12.4. The molecule has 0 amide bonds. The number of benzene rings is 6. The number of rotatable bonds is 4. The molecule has 0 unspecified atom stereocenters. The molecule has 0 saturated heterocycles. The summed E-state index contributed by atoms with van der Waals surface area (Å²) < 4.78 is 15.5. The Morgan fingerprint density at radius 1 is 0.480 bits per heavy atom. The number of hydrogen-bond donors (Lipinski definition) is 0. The van der Waals surface area contributed by atoms with Gasteiger partial charge in [-0.1, -0.05) is 35.1 Å². The summed E-state index contributed by atoms with van der Waals surface area (Å²) in [6.07, 6.45) is 0. The molecule has 2 heterocycles. The highest BCUT2D eigenvalue weighted by Crippen LogP contribution is 2.36. The fraction of sp³-hybridized carbons (Fsp3) is 0.0889. The number of methoxy groups -OCH3 is 2. The Balaban J connectivity index is 1.03. The SMILES string of the molecule is COc1ccc2c(c1)c1cc(OC)ccc1n2-c1ccc(C#CC(=O)C#Cc2ccc(-n3c4ccc(C)cc4c4cc(C)ccc43)cc2)cc1. The van der Waals surface area contributed by atoms with E-state index in [0.29, 0.717) is 0 Å². The number of hydrogen-bond acceptors (Lipinski definition) is 3. The van der Waals surface area contributed by atoms with Crippen LogP contribution in [0.2, 0.25) is 0 Å². The van der Waals surface area contributed by atoms with E-state index < -0.39 is 5.78 Å². The van der Waals surface area contributed by atoms with Crippen LogP contribution in [0.5, 0.6) is 11.5 Å². The Morgan fingerprint density at radius 3 is 1.22 bits per heavy atom. The highest BCUT2D eigenvalue weighted by Gasteiger charge is 2.15. The number of fused-ring (bicyclic) bond motifs is 6. The summed E-state index contributed by atoms with van der Waals surface area (Å²) in [5.74, 6) is 12.5. The van der Waals surface area contributed by atoms with Gasteiger partial charge in [0.15, 0.2) is 0 Å². The molecule has 0 aliphatic carbocycles. The average Bonchev–Trinajstić information content (AvgIpc) is 3.64. The van der Waals surface area contributed by atoms with Crippen molar-refractivity contribution in [3.63, 3.8) is 0 Å². The zero-order valence-corrected chi connectivity index (χ0v) is 28.2. The molecule has 240 valence electrons. The first-order valence-corrected chi connectivity index (χ1v) is 16.4. The van der Waals surface area contributed by atoms with Gasteiger partial charge in [-0.05, 0) is 135 Å². The number of aryl methyl sites for hydroxylation is 2. The lowest BCUT2D eigenvalue weighted by Crippen LogP contribution is -1.94. The van der Waals surface area contributed by atoms with Gasteiger partial charge in [-0.3, -0.25) is 4.79 Å². The Kier molecular flexibility index (Phi) is 7.60.